The standard InChI is InChI=1S/C15H22BrN/c1-3-15(4-2,11-16)12-17-10-9-13-7-5-6-8-14(13)17/h5-8H,3-4,9-12H2,1-2H3. The van der Waals surface area contributed by atoms with Crippen molar-refractivity contribution in [3.63, 3.8) is 0 Å². The Hall–Kier alpha value is -0.500. The van der Waals surface area contributed by atoms with Crippen LogP contribution in [0.1, 0.15) is 32.3 Å². The van der Waals surface area contributed by atoms with Gasteiger partial charge in [-0.3, -0.25) is 0 Å². The lowest BCUT2D eigenvalue weighted by Gasteiger charge is -2.35. The zero-order valence-electron chi connectivity index (χ0n) is 10.9. The van der Waals surface area contributed by atoms with Gasteiger partial charge in [-0.1, -0.05) is 48.0 Å². The highest BCUT2D eigenvalue weighted by Crippen LogP contribution is 2.35. The van der Waals surface area contributed by atoms with Crippen molar-refractivity contribution in [2.45, 2.75) is 33.1 Å². The molecular weight excluding hydrogens is 274 g/mol. The normalized spacial score (nSPS) is 15.1. The lowest BCUT2D eigenvalue weighted by Crippen LogP contribution is -2.37. The van der Waals surface area contributed by atoms with Crippen LogP contribution in [0.2, 0.25) is 0 Å². The van der Waals surface area contributed by atoms with Crippen LogP contribution in [0, 0.1) is 5.41 Å². The van der Waals surface area contributed by atoms with E-state index in [4.69, 9.17) is 0 Å². The van der Waals surface area contributed by atoms with Crippen molar-refractivity contribution in [3.8, 4) is 0 Å². The Morgan fingerprint density at radius 2 is 1.94 bits per heavy atom. The predicted molar refractivity (Wildman–Crippen MR) is 79.2 cm³/mol. The molecule has 0 saturated carbocycles. The Kier molecular flexibility index (Phi) is 4.13. The molecule has 0 fully saturated rings. The van der Waals surface area contributed by atoms with E-state index in [0.29, 0.717) is 5.41 Å². The molecule has 2 heteroatoms. The van der Waals surface area contributed by atoms with E-state index in [1.165, 1.54) is 43.6 Å². The lowest BCUT2D eigenvalue weighted by molar-refractivity contribution is 0.313. The van der Waals surface area contributed by atoms with Gasteiger partial charge in [0.2, 0.25) is 0 Å². The quantitative estimate of drug-likeness (QED) is 0.734. The summed E-state index contributed by atoms with van der Waals surface area (Å²) >= 11 is 3.71. The molecule has 1 aliphatic heterocycles. The van der Waals surface area contributed by atoms with Crippen molar-refractivity contribution in [1.29, 1.82) is 0 Å². The lowest BCUT2D eigenvalue weighted by atomic mass is 9.84. The fourth-order valence-electron chi connectivity index (χ4n) is 2.68. The van der Waals surface area contributed by atoms with Crippen molar-refractivity contribution < 1.29 is 0 Å². The van der Waals surface area contributed by atoms with E-state index in [1.54, 1.807) is 0 Å². The molecule has 0 amide bonds. The maximum atomic E-state index is 3.71. The Labute approximate surface area is 113 Å². The number of para-hydroxylation sites is 1. The topological polar surface area (TPSA) is 3.24 Å². The minimum atomic E-state index is 0.428. The van der Waals surface area contributed by atoms with Gasteiger partial charge < -0.3 is 4.90 Å². The zero-order valence-corrected chi connectivity index (χ0v) is 12.5. The van der Waals surface area contributed by atoms with Crippen LogP contribution < -0.4 is 4.90 Å². The molecule has 1 aliphatic rings. The van der Waals surface area contributed by atoms with Crippen molar-refractivity contribution in [2.24, 2.45) is 5.41 Å². The van der Waals surface area contributed by atoms with Gasteiger partial charge in [0.25, 0.3) is 0 Å². The largest absolute Gasteiger partial charge is 0.370 e. The smallest absolute Gasteiger partial charge is 0.0399 e. The molecule has 0 aliphatic carbocycles. The summed E-state index contributed by atoms with van der Waals surface area (Å²) in [5.41, 5.74) is 3.40. The van der Waals surface area contributed by atoms with E-state index in [0.717, 1.165) is 5.33 Å². The summed E-state index contributed by atoms with van der Waals surface area (Å²) in [6, 6.07) is 8.85. The van der Waals surface area contributed by atoms with Gasteiger partial charge >= 0.3 is 0 Å². The van der Waals surface area contributed by atoms with Gasteiger partial charge in [-0.15, -0.1) is 0 Å². The van der Waals surface area contributed by atoms with Gasteiger partial charge in [-0.2, -0.15) is 0 Å². The Balaban J connectivity index is 2.16. The average molecular weight is 296 g/mol. The summed E-state index contributed by atoms with van der Waals surface area (Å²) < 4.78 is 0. The van der Waals surface area contributed by atoms with E-state index in [9.17, 15) is 0 Å². The van der Waals surface area contributed by atoms with E-state index < -0.39 is 0 Å². The number of hydrogen-bond acceptors (Lipinski definition) is 1. The third kappa shape index (κ3) is 2.52. The number of nitrogens with zero attached hydrogens (tertiary/aromatic N) is 1. The van der Waals surface area contributed by atoms with Gasteiger partial charge in [-0.25, -0.2) is 0 Å². The highest BCUT2D eigenvalue weighted by Gasteiger charge is 2.30. The zero-order chi connectivity index (χ0) is 12.3. The van der Waals surface area contributed by atoms with E-state index in [-0.39, 0.29) is 0 Å². The maximum Gasteiger partial charge on any atom is 0.0399 e. The first-order valence-electron chi connectivity index (χ1n) is 6.63. The summed E-state index contributed by atoms with van der Waals surface area (Å²) in [5, 5.41) is 1.10. The minimum absolute atomic E-state index is 0.428. The molecular formula is C15H22BrN. The highest BCUT2D eigenvalue weighted by atomic mass is 79.9. The van der Waals surface area contributed by atoms with Crippen molar-refractivity contribution in [1.82, 2.24) is 0 Å². The molecule has 94 valence electrons. The number of benzene rings is 1. The van der Waals surface area contributed by atoms with Gasteiger partial charge in [0.1, 0.15) is 0 Å². The molecule has 0 saturated heterocycles. The first-order chi connectivity index (χ1) is 8.24. The first kappa shape index (κ1) is 12.9. The van der Waals surface area contributed by atoms with Crippen LogP contribution in [0.4, 0.5) is 5.69 Å². The number of alkyl halides is 1. The second-order valence-electron chi connectivity index (χ2n) is 5.14. The second-order valence-corrected chi connectivity index (χ2v) is 5.70. The van der Waals surface area contributed by atoms with Crippen LogP contribution in [0.3, 0.4) is 0 Å². The summed E-state index contributed by atoms with van der Waals surface area (Å²) in [6.07, 6.45) is 3.70. The van der Waals surface area contributed by atoms with E-state index >= 15 is 0 Å². The monoisotopic (exact) mass is 295 g/mol. The molecule has 1 nitrogen and oxygen atoms in total. The molecule has 1 heterocycles. The molecule has 0 bridgehead atoms. The molecule has 0 N–H and O–H groups in total. The molecule has 1 aromatic carbocycles. The first-order valence-corrected chi connectivity index (χ1v) is 7.75. The number of rotatable bonds is 5. The van der Waals surface area contributed by atoms with Crippen molar-refractivity contribution in [2.75, 3.05) is 23.3 Å². The second kappa shape index (κ2) is 5.43. The Morgan fingerprint density at radius 3 is 2.59 bits per heavy atom. The summed E-state index contributed by atoms with van der Waals surface area (Å²) in [6.45, 7) is 7.00. The van der Waals surface area contributed by atoms with Gasteiger partial charge in [0, 0.05) is 24.1 Å². The van der Waals surface area contributed by atoms with Gasteiger partial charge in [0.15, 0.2) is 0 Å². The third-order valence-electron chi connectivity index (χ3n) is 4.29. The Bertz CT molecular complexity index is 363. The summed E-state index contributed by atoms with van der Waals surface area (Å²) in [4.78, 5) is 2.57. The third-order valence-corrected chi connectivity index (χ3v) is 5.48. The number of halogens is 1. The molecule has 17 heavy (non-hydrogen) atoms. The number of hydrogen-bond donors (Lipinski definition) is 0. The summed E-state index contributed by atoms with van der Waals surface area (Å²) in [7, 11) is 0. The molecule has 0 aromatic heterocycles. The van der Waals surface area contributed by atoms with E-state index in [2.05, 4.69) is 58.9 Å². The molecule has 0 radical (unpaired) electrons. The van der Waals surface area contributed by atoms with Crippen LogP contribution >= 0.6 is 15.9 Å². The molecule has 0 spiro atoms. The van der Waals surface area contributed by atoms with Gasteiger partial charge in [0.05, 0.1) is 0 Å². The molecule has 0 unspecified atom stereocenters. The van der Waals surface area contributed by atoms with Crippen LogP contribution in [-0.4, -0.2) is 18.4 Å². The van der Waals surface area contributed by atoms with Crippen LogP contribution in [0.5, 0.6) is 0 Å². The average Bonchev–Trinajstić information content (AvgIpc) is 2.79. The maximum absolute atomic E-state index is 3.71. The molecule has 2 rings (SSSR count). The highest BCUT2D eigenvalue weighted by molar-refractivity contribution is 9.09. The molecule has 1 aromatic rings. The number of fused-ring (bicyclic) bond motifs is 1. The van der Waals surface area contributed by atoms with Gasteiger partial charge in [-0.05, 0) is 36.3 Å². The predicted octanol–water partition coefficient (Wildman–Crippen LogP) is 4.25. The summed E-state index contributed by atoms with van der Waals surface area (Å²) in [5.74, 6) is 0. The Morgan fingerprint density at radius 1 is 1.24 bits per heavy atom. The van der Waals surface area contributed by atoms with E-state index in [1.807, 2.05) is 0 Å². The number of anilines is 1. The van der Waals surface area contributed by atoms with Crippen LogP contribution in [0.25, 0.3) is 0 Å². The van der Waals surface area contributed by atoms with Crippen molar-refractivity contribution in [3.05, 3.63) is 29.8 Å². The van der Waals surface area contributed by atoms with Crippen LogP contribution in [-0.2, 0) is 6.42 Å². The minimum Gasteiger partial charge on any atom is -0.370 e. The fraction of sp³-hybridized carbons (Fsp3) is 0.600. The van der Waals surface area contributed by atoms with Crippen molar-refractivity contribution >= 4 is 21.6 Å². The fourth-order valence-corrected chi connectivity index (χ4v) is 3.65. The SMILES string of the molecule is CCC(CC)(CBr)CN1CCc2ccccc21. The van der Waals surface area contributed by atoms with Crippen LogP contribution in [0.15, 0.2) is 24.3 Å². The molecule has 0 atom stereocenters.